The molecule has 0 aliphatic heterocycles. The van der Waals surface area contributed by atoms with Crippen molar-refractivity contribution in [3.8, 4) is 0 Å². The molecule has 1 atom stereocenters. The van der Waals surface area contributed by atoms with Gasteiger partial charge in [0.2, 0.25) is 0 Å². The zero-order valence-corrected chi connectivity index (χ0v) is 6.49. The smallest absolute Gasteiger partial charge is 1.00 e. The molecule has 0 aromatic carbocycles. The third-order valence-electron chi connectivity index (χ3n) is 0.143. The summed E-state index contributed by atoms with van der Waals surface area (Å²) in [5, 5.41) is 0. The molecule has 3 nitrogen and oxygen atoms in total. The van der Waals surface area contributed by atoms with E-state index in [0.717, 1.165) is 7.11 Å². The van der Waals surface area contributed by atoms with E-state index in [0.29, 0.717) is 0 Å². The van der Waals surface area contributed by atoms with Gasteiger partial charge in [-0.05, 0) is 0 Å². The molecule has 34 valence electrons. The van der Waals surface area contributed by atoms with Crippen LogP contribution in [0.5, 0.6) is 0 Å². The number of hydrogen-bond donors (Lipinski definition) is 1. The molecular formula is CH5NaO3S. The molecule has 0 saturated heterocycles. The molecule has 1 unspecified atom stereocenters. The molecule has 0 amide bonds. The van der Waals surface area contributed by atoms with Crippen LogP contribution in [0.4, 0.5) is 0 Å². The molecule has 0 radical (unpaired) electrons. The van der Waals surface area contributed by atoms with E-state index in [2.05, 4.69) is 4.18 Å². The van der Waals surface area contributed by atoms with Gasteiger partial charge in [-0.2, -0.15) is 4.21 Å². The van der Waals surface area contributed by atoms with Gasteiger partial charge in [0.05, 0.1) is 7.11 Å². The van der Waals surface area contributed by atoms with Gasteiger partial charge in [0, 0.05) is 0 Å². The zero-order chi connectivity index (χ0) is 4.28. The summed E-state index contributed by atoms with van der Waals surface area (Å²) >= 11 is -2.07. The van der Waals surface area contributed by atoms with Crippen LogP contribution < -0.4 is 29.6 Å². The van der Waals surface area contributed by atoms with Crippen molar-refractivity contribution in [1.82, 2.24) is 0 Å². The minimum Gasteiger partial charge on any atom is -1.00 e. The molecule has 0 aliphatic rings. The van der Waals surface area contributed by atoms with Gasteiger partial charge in [0.25, 0.3) is 0 Å². The van der Waals surface area contributed by atoms with E-state index in [1.807, 2.05) is 0 Å². The molecule has 0 spiro atoms. The van der Waals surface area contributed by atoms with Crippen molar-refractivity contribution < 1.29 is 43.9 Å². The molecule has 0 bridgehead atoms. The normalized spacial score (nSPS) is 12.3. The average molecular weight is 120 g/mol. The van der Waals surface area contributed by atoms with Gasteiger partial charge >= 0.3 is 40.9 Å². The summed E-state index contributed by atoms with van der Waals surface area (Å²) in [6, 6.07) is 0. The van der Waals surface area contributed by atoms with Crippen LogP contribution in [0.1, 0.15) is 1.43 Å². The topological polar surface area (TPSA) is 46.5 Å². The van der Waals surface area contributed by atoms with Gasteiger partial charge in [0.1, 0.15) is 0 Å². The third-order valence-corrected chi connectivity index (χ3v) is 0.428. The minimum absolute atomic E-state index is 0. The van der Waals surface area contributed by atoms with Crippen molar-refractivity contribution in [3.63, 3.8) is 0 Å². The summed E-state index contributed by atoms with van der Waals surface area (Å²) in [5.74, 6) is 0. The second-order valence-electron chi connectivity index (χ2n) is 0.384. The maximum Gasteiger partial charge on any atom is 1.00 e. The average Bonchev–Trinajstić information content (AvgIpc) is 1.38. The Labute approximate surface area is 62.3 Å². The molecule has 0 aliphatic carbocycles. The van der Waals surface area contributed by atoms with E-state index in [9.17, 15) is 4.21 Å². The van der Waals surface area contributed by atoms with E-state index in [4.69, 9.17) is 4.55 Å². The summed E-state index contributed by atoms with van der Waals surface area (Å²) in [4.78, 5) is 0. The molecule has 6 heavy (non-hydrogen) atoms. The van der Waals surface area contributed by atoms with E-state index < -0.39 is 11.4 Å². The predicted molar refractivity (Wildman–Crippen MR) is 18.9 cm³/mol. The molecular weight excluding hydrogens is 115 g/mol. The summed E-state index contributed by atoms with van der Waals surface area (Å²) in [6.45, 7) is 0. The van der Waals surface area contributed by atoms with E-state index in [1.165, 1.54) is 0 Å². The maximum absolute atomic E-state index is 9.26. The summed E-state index contributed by atoms with van der Waals surface area (Å²) in [7, 11) is 1.15. The summed E-state index contributed by atoms with van der Waals surface area (Å²) in [5.41, 5.74) is 0. The molecule has 0 saturated carbocycles. The van der Waals surface area contributed by atoms with Crippen molar-refractivity contribution in [3.05, 3.63) is 0 Å². The monoisotopic (exact) mass is 120 g/mol. The fourth-order valence-corrected chi connectivity index (χ4v) is 0. The van der Waals surface area contributed by atoms with Crippen molar-refractivity contribution in [2.75, 3.05) is 7.11 Å². The summed E-state index contributed by atoms with van der Waals surface area (Å²) < 4.78 is 20.6. The Morgan fingerprint density at radius 3 is 2.17 bits per heavy atom. The number of hydrogen-bond acceptors (Lipinski definition) is 2. The van der Waals surface area contributed by atoms with Gasteiger partial charge in [-0.25, -0.2) is 0 Å². The Bertz CT molecular complexity index is 50.2. The molecule has 0 aromatic rings. The van der Waals surface area contributed by atoms with E-state index in [1.54, 1.807) is 0 Å². The Morgan fingerprint density at radius 1 is 2.00 bits per heavy atom. The van der Waals surface area contributed by atoms with Crippen molar-refractivity contribution in [2.45, 2.75) is 0 Å². The van der Waals surface area contributed by atoms with Crippen LogP contribution in [0.3, 0.4) is 0 Å². The molecule has 1 N–H and O–H groups in total. The van der Waals surface area contributed by atoms with Crippen LogP contribution in [0.15, 0.2) is 0 Å². The minimum atomic E-state index is -2.07. The first-order valence-electron chi connectivity index (χ1n) is 0.924. The molecule has 5 heteroatoms. The van der Waals surface area contributed by atoms with Crippen LogP contribution in [0, 0.1) is 0 Å². The SMILES string of the molecule is COS(=O)O.[H-].[Na+]. The summed E-state index contributed by atoms with van der Waals surface area (Å²) in [6.07, 6.45) is 0. The third kappa shape index (κ3) is 8.91. The van der Waals surface area contributed by atoms with Crippen molar-refractivity contribution in [2.24, 2.45) is 0 Å². The van der Waals surface area contributed by atoms with Gasteiger partial charge in [0.15, 0.2) is 0 Å². The Balaban J connectivity index is -0.0000000800. The fourth-order valence-electron chi connectivity index (χ4n) is 0. The van der Waals surface area contributed by atoms with Crippen LogP contribution in [0.2, 0.25) is 0 Å². The van der Waals surface area contributed by atoms with Crippen molar-refractivity contribution >= 4 is 11.4 Å². The van der Waals surface area contributed by atoms with E-state index in [-0.39, 0.29) is 31.0 Å². The molecule has 0 heterocycles. The predicted octanol–water partition coefficient (Wildman–Crippen LogP) is -3.11. The van der Waals surface area contributed by atoms with Gasteiger partial charge in [-0.15, -0.1) is 0 Å². The standard InChI is InChI=1S/CH4O3S.Na.H/c1-4-5(2)3;;/h1H3,(H,2,3);;/q;+1;-1. The fraction of sp³-hybridized carbons (Fsp3) is 1.00. The van der Waals surface area contributed by atoms with Crippen LogP contribution in [-0.4, -0.2) is 15.9 Å². The van der Waals surface area contributed by atoms with Gasteiger partial charge in [-0.1, -0.05) is 0 Å². The van der Waals surface area contributed by atoms with Crippen LogP contribution in [-0.2, 0) is 15.5 Å². The zero-order valence-electron chi connectivity index (χ0n) is 4.67. The quantitative estimate of drug-likeness (QED) is 0.294. The van der Waals surface area contributed by atoms with E-state index >= 15 is 0 Å². The first-order chi connectivity index (χ1) is 2.27. The second-order valence-corrected chi connectivity index (χ2v) is 1.15. The molecule has 0 rings (SSSR count). The molecule has 0 aromatic heterocycles. The first-order valence-corrected chi connectivity index (χ1v) is 1.96. The molecule has 0 fully saturated rings. The number of rotatable bonds is 1. The second kappa shape index (κ2) is 6.07. The largest absolute Gasteiger partial charge is 1.00 e. The Hall–Kier alpha value is 1.07. The van der Waals surface area contributed by atoms with Gasteiger partial charge < -0.3 is 1.43 Å². The Kier molecular flexibility index (Phi) is 10.3. The van der Waals surface area contributed by atoms with Crippen LogP contribution >= 0.6 is 0 Å². The van der Waals surface area contributed by atoms with Crippen molar-refractivity contribution in [1.29, 1.82) is 0 Å². The van der Waals surface area contributed by atoms with Gasteiger partial charge in [-0.3, -0.25) is 8.74 Å². The maximum atomic E-state index is 9.26. The first kappa shape index (κ1) is 10.1. The van der Waals surface area contributed by atoms with Crippen LogP contribution in [0.25, 0.3) is 0 Å². The Morgan fingerprint density at radius 2 is 2.17 bits per heavy atom.